The molecule has 0 aromatic heterocycles. The van der Waals surface area contributed by atoms with Crippen LogP contribution in [0.1, 0.15) is 25.7 Å². The second-order valence-corrected chi connectivity index (χ2v) is 7.77. The van der Waals surface area contributed by atoms with Gasteiger partial charge in [0.1, 0.15) is 0 Å². The molecular weight excluding hydrogens is 284 g/mol. The van der Waals surface area contributed by atoms with Crippen LogP contribution in [-0.4, -0.2) is 61.1 Å². The average Bonchev–Trinajstić information content (AvgIpc) is 2.24. The van der Waals surface area contributed by atoms with Crippen molar-refractivity contribution in [3.63, 3.8) is 0 Å². The molecule has 2 fully saturated rings. The maximum atomic E-state index is 12.1. The van der Waals surface area contributed by atoms with Crippen molar-refractivity contribution < 1.29 is 23.1 Å². The van der Waals surface area contributed by atoms with Crippen molar-refractivity contribution in [3.8, 4) is 0 Å². The standard InChI is InChI=1S/C12H20N2O5S/c15-11(16)6-10-8-20(18,19)5-4-14(10)12(17)13-7-9-2-1-3-9/h9-10H,1-8H2,(H,13,17)(H,15,16). The number of nitrogens with one attached hydrogen (secondary N) is 1. The van der Waals surface area contributed by atoms with Gasteiger partial charge in [0.05, 0.1) is 24.0 Å². The van der Waals surface area contributed by atoms with Crippen molar-refractivity contribution in [3.05, 3.63) is 0 Å². The number of carboxylic acid groups (broad SMARTS) is 1. The van der Waals surface area contributed by atoms with Gasteiger partial charge in [-0.25, -0.2) is 13.2 Å². The zero-order valence-electron chi connectivity index (χ0n) is 11.2. The fraction of sp³-hybridized carbons (Fsp3) is 0.833. The van der Waals surface area contributed by atoms with Crippen molar-refractivity contribution in [1.82, 2.24) is 10.2 Å². The Hall–Kier alpha value is -1.31. The van der Waals surface area contributed by atoms with Crippen molar-refractivity contribution in [2.75, 3.05) is 24.6 Å². The molecule has 1 heterocycles. The summed E-state index contributed by atoms with van der Waals surface area (Å²) in [4.78, 5) is 24.2. The first-order valence-electron chi connectivity index (χ1n) is 6.84. The number of sulfone groups is 1. The van der Waals surface area contributed by atoms with Crippen molar-refractivity contribution >= 4 is 21.8 Å². The Bertz CT molecular complexity index is 486. The number of urea groups is 1. The molecule has 0 bridgehead atoms. The molecule has 1 aliphatic heterocycles. The van der Waals surface area contributed by atoms with E-state index in [0.717, 1.165) is 12.8 Å². The van der Waals surface area contributed by atoms with E-state index < -0.39 is 21.8 Å². The topological polar surface area (TPSA) is 104 Å². The van der Waals surface area contributed by atoms with Gasteiger partial charge in [0.25, 0.3) is 0 Å². The fourth-order valence-corrected chi connectivity index (χ4v) is 4.08. The van der Waals surface area contributed by atoms with Crippen LogP contribution in [0.15, 0.2) is 0 Å². The molecule has 2 amide bonds. The largest absolute Gasteiger partial charge is 0.481 e. The van der Waals surface area contributed by atoms with Gasteiger partial charge in [-0.3, -0.25) is 4.79 Å². The van der Waals surface area contributed by atoms with Crippen LogP contribution >= 0.6 is 0 Å². The number of carboxylic acids is 1. The molecular formula is C12H20N2O5S. The summed E-state index contributed by atoms with van der Waals surface area (Å²) in [6.07, 6.45) is 3.06. The van der Waals surface area contributed by atoms with E-state index in [1.807, 2.05) is 0 Å². The molecule has 2 rings (SSSR count). The number of rotatable bonds is 4. The zero-order valence-corrected chi connectivity index (χ0v) is 12.1. The highest BCUT2D eigenvalue weighted by Crippen LogP contribution is 2.25. The van der Waals surface area contributed by atoms with Gasteiger partial charge in [0.15, 0.2) is 9.84 Å². The first-order chi connectivity index (χ1) is 9.37. The molecule has 2 N–H and O–H groups in total. The normalized spacial score (nSPS) is 25.8. The molecule has 0 spiro atoms. The van der Waals surface area contributed by atoms with Crippen LogP contribution in [0.25, 0.3) is 0 Å². The third kappa shape index (κ3) is 3.84. The van der Waals surface area contributed by atoms with E-state index in [9.17, 15) is 18.0 Å². The highest BCUT2D eigenvalue weighted by molar-refractivity contribution is 7.91. The third-order valence-electron chi connectivity index (χ3n) is 3.97. The molecule has 7 nitrogen and oxygen atoms in total. The predicted octanol–water partition coefficient (Wildman–Crippen LogP) is 0.0698. The summed E-state index contributed by atoms with van der Waals surface area (Å²) in [5.41, 5.74) is 0. The third-order valence-corrected chi connectivity index (χ3v) is 5.67. The number of hydrogen-bond donors (Lipinski definition) is 2. The number of carbonyl (C=O) groups is 2. The van der Waals surface area contributed by atoms with E-state index in [1.54, 1.807) is 0 Å². The lowest BCUT2D eigenvalue weighted by Gasteiger charge is -2.35. The van der Waals surface area contributed by atoms with Gasteiger partial charge in [-0.2, -0.15) is 0 Å². The first-order valence-corrected chi connectivity index (χ1v) is 8.66. The number of hydrogen-bond acceptors (Lipinski definition) is 4. The van der Waals surface area contributed by atoms with Crippen LogP contribution in [-0.2, 0) is 14.6 Å². The van der Waals surface area contributed by atoms with Gasteiger partial charge < -0.3 is 15.3 Å². The predicted molar refractivity (Wildman–Crippen MR) is 72.1 cm³/mol. The van der Waals surface area contributed by atoms with Crippen LogP contribution < -0.4 is 5.32 Å². The van der Waals surface area contributed by atoms with E-state index in [2.05, 4.69) is 5.32 Å². The monoisotopic (exact) mass is 304 g/mol. The summed E-state index contributed by atoms with van der Waals surface area (Å²) in [6, 6.07) is -1.12. The lowest BCUT2D eigenvalue weighted by Crippen LogP contribution is -2.55. The van der Waals surface area contributed by atoms with Gasteiger partial charge in [-0.1, -0.05) is 6.42 Å². The van der Waals surface area contributed by atoms with Crippen LogP contribution in [0.2, 0.25) is 0 Å². The van der Waals surface area contributed by atoms with E-state index >= 15 is 0 Å². The minimum atomic E-state index is -3.25. The molecule has 1 unspecified atom stereocenters. The quantitative estimate of drug-likeness (QED) is 0.765. The molecule has 20 heavy (non-hydrogen) atoms. The summed E-state index contributed by atoms with van der Waals surface area (Å²) in [7, 11) is -3.25. The second-order valence-electron chi connectivity index (χ2n) is 5.54. The molecule has 0 aromatic rings. The Labute approximate surface area is 118 Å². The van der Waals surface area contributed by atoms with Crippen molar-refractivity contribution in [2.45, 2.75) is 31.7 Å². The van der Waals surface area contributed by atoms with Gasteiger partial charge in [-0.15, -0.1) is 0 Å². The minimum absolute atomic E-state index is 0.0662. The Morgan fingerprint density at radius 1 is 1.30 bits per heavy atom. The SMILES string of the molecule is O=C(O)CC1CS(=O)(=O)CCN1C(=O)NCC1CCC1. The van der Waals surface area contributed by atoms with Crippen LogP contribution in [0, 0.1) is 5.92 Å². The second kappa shape index (κ2) is 5.99. The molecule has 0 aromatic carbocycles. The van der Waals surface area contributed by atoms with Crippen LogP contribution in [0.5, 0.6) is 0 Å². The smallest absolute Gasteiger partial charge is 0.317 e. The molecule has 1 saturated carbocycles. The van der Waals surface area contributed by atoms with Gasteiger partial charge in [-0.05, 0) is 18.8 Å². The first kappa shape index (κ1) is 15.1. The van der Waals surface area contributed by atoms with Crippen LogP contribution in [0.3, 0.4) is 0 Å². The highest BCUT2D eigenvalue weighted by Gasteiger charge is 2.35. The molecule has 8 heteroatoms. The summed E-state index contributed by atoms with van der Waals surface area (Å²) < 4.78 is 23.2. The summed E-state index contributed by atoms with van der Waals surface area (Å²) in [5.74, 6) is -0.954. The maximum absolute atomic E-state index is 12.1. The van der Waals surface area contributed by atoms with E-state index in [1.165, 1.54) is 11.3 Å². The summed E-state index contributed by atoms with van der Waals surface area (Å²) >= 11 is 0. The fourth-order valence-electron chi connectivity index (χ4n) is 2.55. The number of aliphatic carboxylic acids is 1. The summed E-state index contributed by atoms with van der Waals surface area (Å²) in [6.45, 7) is 0.651. The molecule has 114 valence electrons. The van der Waals surface area contributed by atoms with E-state index in [-0.39, 0.29) is 30.5 Å². The van der Waals surface area contributed by atoms with Gasteiger partial charge in [0.2, 0.25) is 0 Å². The number of carbonyl (C=O) groups excluding carboxylic acids is 1. The maximum Gasteiger partial charge on any atom is 0.317 e. The molecule has 1 atom stereocenters. The molecule has 2 aliphatic rings. The van der Waals surface area contributed by atoms with E-state index in [4.69, 9.17) is 5.11 Å². The van der Waals surface area contributed by atoms with Crippen LogP contribution in [0.4, 0.5) is 4.79 Å². The highest BCUT2D eigenvalue weighted by atomic mass is 32.2. The molecule has 1 saturated heterocycles. The van der Waals surface area contributed by atoms with Gasteiger partial charge in [0, 0.05) is 13.1 Å². The van der Waals surface area contributed by atoms with E-state index in [0.29, 0.717) is 12.5 Å². The average molecular weight is 304 g/mol. The Morgan fingerprint density at radius 3 is 2.55 bits per heavy atom. The Kier molecular flexibility index (Phi) is 4.52. The van der Waals surface area contributed by atoms with Crippen molar-refractivity contribution in [1.29, 1.82) is 0 Å². The Balaban J connectivity index is 1.95. The van der Waals surface area contributed by atoms with Gasteiger partial charge >= 0.3 is 12.0 Å². The van der Waals surface area contributed by atoms with Crippen molar-refractivity contribution in [2.24, 2.45) is 5.92 Å². The minimum Gasteiger partial charge on any atom is -0.481 e. The molecule has 1 aliphatic carbocycles. The molecule has 0 radical (unpaired) electrons. The Morgan fingerprint density at radius 2 is 2.00 bits per heavy atom. The zero-order chi connectivity index (χ0) is 14.8. The summed E-state index contributed by atoms with van der Waals surface area (Å²) in [5, 5.41) is 11.6. The number of amides is 2. The lowest BCUT2D eigenvalue weighted by molar-refractivity contribution is -0.138. The number of nitrogens with zero attached hydrogens (tertiary/aromatic N) is 1. The lowest BCUT2D eigenvalue weighted by atomic mass is 9.85.